The second kappa shape index (κ2) is 10.7. The number of piperazine rings is 1. The van der Waals surface area contributed by atoms with E-state index in [-0.39, 0.29) is 11.2 Å². The van der Waals surface area contributed by atoms with E-state index in [1.807, 2.05) is 12.1 Å². The monoisotopic (exact) mass is 550 g/mol. The third-order valence-corrected chi connectivity index (χ3v) is 11.7. The number of halogens is 1. The first-order valence-electron chi connectivity index (χ1n) is 13.9. The zero-order chi connectivity index (χ0) is 27.7. The summed E-state index contributed by atoms with van der Waals surface area (Å²) in [6.07, 6.45) is 0. The number of benzene rings is 4. The summed E-state index contributed by atoms with van der Waals surface area (Å²) in [5, 5.41) is 1.21. The lowest BCUT2D eigenvalue weighted by Gasteiger charge is -2.43. The number of allylic oxidation sites excluding steroid dienone is 1. The standard InChI is InChI=1S/C34H36FN4P/c1-34(2)31-16-10-11-17-32(31)37(3)33(34)26-40(30-14-8-5-9-15-30,36-28-20-18-27(35)19-21-28)39-24-22-38(23-25-39)29-12-6-4-7-13-29/h4-21,26H,22-25H2,1-3H3/b33-26+/t40-/m1/s1. The highest BCUT2D eigenvalue weighted by molar-refractivity contribution is 7.74. The van der Waals surface area contributed by atoms with Gasteiger partial charge in [-0.05, 0) is 53.8 Å². The molecule has 1 saturated heterocycles. The van der Waals surface area contributed by atoms with E-state index >= 15 is 0 Å². The van der Waals surface area contributed by atoms with Gasteiger partial charge in [-0.2, -0.15) is 0 Å². The summed E-state index contributed by atoms with van der Waals surface area (Å²) < 4.78 is 22.2. The molecule has 2 aliphatic rings. The number of hydrogen-bond donors (Lipinski definition) is 0. The molecule has 204 valence electrons. The van der Waals surface area contributed by atoms with Gasteiger partial charge in [-0.15, -0.1) is 0 Å². The summed E-state index contributed by atoms with van der Waals surface area (Å²) in [6, 6.07) is 36.7. The zero-order valence-electron chi connectivity index (χ0n) is 23.4. The third-order valence-electron chi connectivity index (χ3n) is 8.28. The van der Waals surface area contributed by atoms with Gasteiger partial charge in [0.15, 0.2) is 0 Å². The molecule has 0 spiro atoms. The molecule has 6 rings (SSSR count). The lowest BCUT2D eigenvalue weighted by molar-refractivity contribution is 0.417. The summed E-state index contributed by atoms with van der Waals surface area (Å²) in [5.41, 5.74) is 5.69. The molecule has 2 heterocycles. The van der Waals surface area contributed by atoms with Gasteiger partial charge >= 0.3 is 0 Å². The van der Waals surface area contributed by atoms with Crippen molar-refractivity contribution in [3.63, 3.8) is 0 Å². The zero-order valence-corrected chi connectivity index (χ0v) is 24.3. The Morgan fingerprint density at radius 2 is 1.35 bits per heavy atom. The SMILES string of the molecule is CN1/C(=C/[P@](=Nc2ccc(F)cc2)(c2ccccc2)N2CCN(c3ccccc3)CC2)C(C)(C)c2ccccc21. The van der Waals surface area contributed by atoms with Crippen LogP contribution >= 0.6 is 7.21 Å². The lowest BCUT2D eigenvalue weighted by atomic mass is 9.84. The molecular weight excluding hydrogens is 514 g/mol. The molecule has 2 aliphatic heterocycles. The smallest absolute Gasteiger partial charge is 0.123 e. The topological polar surface area (TPSA) is 22.1 Å². The molecule has 0 bridgehead atoms. The first-order valence-corrected chi connectivity index (χ1v) is 15.7. The third kappa shape index (κ3) is 4.78. The van der Waals surface area contributed by atoms with Crippen molar-refractivity contribution >= 4 is 29.6 Å². The summed E-state index contributed by atoms with van der Waals surface area (Å²) in [6.45, 7) is 8.21. The van der Waals surface area contributed by atoms with Crippen LogP contribution in [0.5, 0.6) is 0 Å². The average molecular weight is 551 g/mol. The van der Waals surface area contributed by atoms with Gasteiger partial charge in [0, 0.05) is 61.0 Å². The number of likely N-dealkylation sites (N-methyl/N-ethyl adjacent to an activating group) is 1. The van der Waals surface area contributed by atoms with Crippen LogP contribution in [0, 0.1) is 5.82 Å². The van der Waals surface area contributed by atoms with E-state index in [1.165, 1.54) is 40.1 Å². The van der Waals surface area contributed by atoms with Gasteiger partial charge in [0.05, 0.1) is 12.9 Å². The van der Waals surface area contributed by atoms with E-state index in [0.29, 0.717) is 0 Å². The molecule has 4 aromatic carbocycles. The van der Waals surface area contributed by atoms with Crippen LogP contribution < -0.4 is 15.1 Å². The number of fused-ring (bicyclic) bond motifs is 1. The summed E-state index contributed by atoms with van der Waals surface area (Å²) in [5.74, 6) is 2.23. The van der Waals surface area contributed by atoms with Gasteiger partial charge in [0.25, 0.3) is 0 Å². The Morgan fingerprint density at radius 1 is 0.750 bits per heavy atom. The first-order chi connectivity index (χ1) is 19.4. The van der Waals surface area contributed by atoms with Crippen molar-refractivity contribution in [2.24, 2.45) is 4.74 Å². The molecule has 0 N–H and O–H groups in total. The predicted molar refractivity (Wildman–Crippen MR) is 168 cm³/mol. The van der Waals surface area contributed by atoms with E-state index in [9.17, 15) is 4.39 Å². The van der Waals surface area contributed by atoms with Crippen LogP contribution in [0.2, 0.25) is 0 Å². The Morgan fingerprint density at radius 3 is 2.00 bits per heavy atom. The van der Waals surface area contributed by atoms with Crippen molar-refractivity contribution in [2.45, 2.75) is 19.3 Å². The molecule has 0 aliphatic carbocycles. The highest BCUT2D eigenvalue weighted by Crippen LogP contribution is 2.60. The van der Waals surface area contributed by atoms with Gasteiger partial charge in [0.2, 0.25) is 0 Å². The van der Waals surface area contributed by atoms with E-state index in [2.05, 4.69) is 126 Å². The van der Waals surface area contributed by atoms with Crippen LogP contribution in [0.4, 0.5) is 21.5 Å². The lowest BCUT2D eigenvalue weighted by Crippen LogP contribution is -2.46. The first kappa shape index (κ1) is 26.6. The number of para-hydroxylation sites is 2. The minimum absolute atomic E-state index is 0.185. The maximum absolute atomic E-state index is 14.0. The predicted octanol–water partition coefficient (Wildman–Crippen LogP) is 7.99. The van der Waals surface area contributed by atoms with Gasteiger partial charge in [-0.25, -0.2) is 9.14 Å². The highest BCUT2D eigenvalue weighted by atomic mass is 31.2. The Labute approximate surface area is 237 Å². The molecule has 6 heteroatoms. The Balaban J connectivity index is 1.53. The Hall–Kier alpha value is -3.66. The summed E-state index contributed by atoms with van der Waals surface area (Å²) in [4.78, 5) is 4.80. The highest BCUT2D eigenvalue weighted by Gasteiger charge is 2.41. The summed E-state index contributed by atoms with van der Waals surface area (Å²) >= 11 is 0. The van der Waals surface area contributed by atoms with Crippen LogP contribution in [-0.4, -0.2) is 37.9 Å². The van der Waals surface area contributed by atoms with E-state index in [1.54, 1.807) is 0 Å². The number of hydrogen-bond acceptors (Lipinski definition) is 3. The van der Waals surface area contributed by atoms with Crippen molar-refractivity contribution in [3.8, 4) is 0 Å². The van der Waals surface area contributed by atoms with Crippen molar-refractivity contribution in [2.75, 3.05) is 43.0 Å². The van der Waals surface area contributed by atoms with Crippen LogP contribution in [0.3, 0.4) is 0 Å². The van der Waals surface area contributed by atoms with E-state index in [4.69, 9.17) is 4.74 Å². The van der Waals surface area contributed by atoms with Crippen molar-refractivity contribution < 1.29 is 4.39 Å². The molecule has 0 unspecified atom stereocenters. The number of nitrogens with zero attached hydrogens (tertiary/aromatic N) is 4. The molecule has 0 amide bonds. The average Bonchev–Trinajstić information content (AvgIpc) is 3.19. The van der Waals surface area contributed by atoms with Crippen LogP contribution in [0.1, 0.15) is 19.4 Å². The Kier molecular flexibility index (Phi) is 7.12. The number of anilines is 2. The van der Waals surface area contributed by atoms with Crippen molar-refractivity contribution in [1.29, 1.82) is 0 Å². The molecule has 1 atom stereocenters. The minimum Gasteiger partial charge on any atom is -0.369 e. The second-order valence-electron chi connectivity index (χ2n) is 11.1. The normalized spacial score (nSPS) is 19.4. The largest absolute Gasteiger partial charge is 0.369 e. The fourth-order valence-electron chi connectivity index (χ4n) is 6.10. The maximum atomic E-state index is 14.0. The fourth-order valence-corrected chi connectivity index (χ4v) is 9.76. The fraction of sp³-hybridized carbons (Fsp3) is 0.235. The minimum atomic E-state index is -2.47. The van der Waals surface area contributed by atoms with Gasteiger partial charge in [0.1, 0.15) is 5.82 Å². The molecule has 0 aromatic heterocycles. The van der Waals surface area contributed by atoms with Crippen molar-refractivity contribution in [1.82, 2.24) is 4.67 Å². The molecule has 1 fully saturated rings. The molecule has 4 nitrogen and oxygen atoms in total. The quantitative estimate of drug-likeness (QED) is 0.235. The van der Waals surface area contributed by atoms with Crippen LogP contribution in [0.25, 0.3) is 0 Å². The summed E-state index contributed by atoms with van der Waals surface area (Å²) in [7, 11) is -0.297. The maximum Gasteiger partial charge on any atom is 0.123 e. The number of rotatable bonds is 5. The van der Waals surface area contributed by atoms with Crippen LogP contribution in [0.15, 0.2) is 125 Å². The van der Waals surface area contributed by atoms with Gasteiger partial charge < -0.3 is 9.80 Å². The second-order valence-corrected chi connectivity index (χ2v) is 13.9. The van der Waals surface area contributed by atoms with Crippen LogP contribution in [-0.2, 0) is 5.41 Å². The van der Waals surface area contributed by atoms with E-state index < -0.39 is 7.21 Å². The molecule has 0 saturated carbocycles. The van der Waals surface area contributed by atoms with Gasteiger partial charge in [-0.3, -0.25) is 4.67 Å². The molecule has 40 heavy (non-hydrogen) atoms. The van der Waals surface area contributed by atoms with E-state index in [0.717, 1.165) is 31.9 Å². The molecule has 4 aromatic rings. The molecule has 0 radical (unpaired) electrons. The molecular formula is C34H36FN4P. The van der Waals surface area contributed by atoms with Crippen molar-refractivity contribution in [3.05, 3.63) is 132 Å². The van der Waals surface area contributed by atoms with Gasteiger partial charge in [-0.1, -0.05) is 80.6 Å². The Bertz CT molecular complexity index is 1560.